The smallest absolute Gasteiger partial charge is 0.282 e. The van der Waals surface area contributed by atoms with Gasteiger partial charge in [0.05, 0.1) is 18.4 Å². The Labute approximate surface area is 174 Å². The normalized spacial score (nSPS) is 14.0. The summed E-state index contributed by atoms with van der Waals surface area (Å²) in [6, 6.07) is 18.0. The van der Waals surface area contributed by atoms with E-state index in [1.165, 1.54) is 16.2 Å². The molecule has 1 N–H and O–H groups in total. The number of anilines is 2. The van der Waals surface area contributed by atoms with Crippen LogP contribution < -0.4 is 15.0 Å². The van der Waals surface area contributed by atoms with Gasteiger partial charge in [0.25, 0.3) is 11.8 Å². The van der Waals surface area contributed by atoms with Crippen molar-refractivity contribution in [3.05, 3.63) is 81.1 Å². The summed E-state index contributed by atoms with van der Waals surface area (Å²) in [5.74, 6) is -0.0801. The first-order valence-electron chi connectivity index (χ1n) is 8.42. The van der Waals surface area contributed by atoms with Gasteiger partial charge in [-0.15, -0.1) is 11.3 Å². The van der Waals surface area contributed by atoms with E-state index in [1.807, 2.05) is 35.7 Å². The van der Waals surface area contributed by atoms with Gasteiger partial charge in [0.1, 0.15) is 11.4 Å². The Bertz CT molecular complexity index is 1080. The van der Waals surface area contributed by atoms with Crippen LogP contribution >= 0.6 is 27.3 Å². The number of halogens is 1. The summed E-state index contributed by atoms with van der Waals surface area (Å²) in [5.41, 5.74) is 1.81. The second-order valence-corrected chi connectivity index (χ2v) is 7.87. The van der Waals surface area contributed by atoms with Crippen molar-refractivity contribution in [1.82, 2.24) is 0 Å². The van der Waals surface area contributed by atoms with Gasteiger partial charge in [-0.2, -0.15) is 0 Å². The van der Waals surface area contributed by atoms with Crippen LogP contribution in [0.2, 0.25) is 0 Å². The molecule has 0 fully saturated rings. The molecule has 2 amide bonds. The topological polar surface area (TPSA) is 58.6 Å². The summed E-state index contributed by atoms with van der Waals surface area (Å²) in [7, 11) is 1.58. The number of rotatable bonds is 5. The molecule has 0 saturated heterocycles. The maximum atomic E-state index is 13.2. The Morgan fingerprint density at radius 2 is 1.79 bits per heavy atom. The van der Waals surface area contributed by atoms with E-state index < -0.39 is 5.91 Å². The molecule has 0 unspecified atom stereocenters. The Hall–Kier alpha value is -2.90. The van der Waals surface area contributed by atoms with Crippen LogP contribution in [0.5, 0.6) is 5.75 Å². The van der Waals surface area contributed by atoms with Crippen LogP contribution in [0, 0.1) is 0 Å². The van der Waals surface area contributed by atoms with E-state index in [0.29, 0.717) is 22.7 Å². The molecule has 0 bridgehead atoms. The molecule has 2 heterocycles. The van der Waals surface area contributed by atoms with Gasteiger partial charge >= 0.3 is 0 Å². The predicted octanol–water partition coefficient (Wildman–Crippen LogP) is 4.92. The van der Waals surface area contributed by atoms with Crippen LogP contribution in [0.15, 0.2) is 76.2 Å². The number of methoxy groups -OCH3 is 1. The number of nitrogens with one attached hydrogen (secondary N) is 1. The third-order valence-corrected chi connectivity index (χ3v) is 5.69. The summed E-state index contributed by atoms with van der Waals surface area (Å²) >= 11 is 4.79. The zero-order valence-corrected chi connectivity index (χ0v) is 17.2. The molecule has 0 saturated carbocycles. The lowest BCUT2D eigenvalue weighted by molar-refractivity contribution is -0.120. The molecule has 1 aliphatic rings. The van der Waals surface area contributed by atoms with Gasteiger partial charge in [-0.25, -0.2) is 4.90 Å². The van der Waals surface area contributed by atoms with Gasteiger partial charge in [-0.05, 0) is 47.8 Å². The molecule has 4 rings (SSSR count). The van der Waals surface area contributed by atoms with E-state index in [2.05, 4.69) is 21.2 Å². The van der Waals surface area contributed by atoms with Crippen molar-refractivity contribution >= 4 is 56.0 Å². The number of carbonyl (C=O) groups is 2. The molecule has 2 aromatic carbocycles. The standard InChI is InChI=1S/C21H15BrN2O3S/c1-27-16-5-2-4-14(12-16)23-19-18(17-6-3-11-28-17)20(25)24(21(19)26)15-9-7-13(22)8-10-15/h2-12,23H,1H3. The lowest BCUT2D eigenvalue weighted by Crippen LogP contribution is -2.32. The van der Waals surface area contributed by atoms with Crippen molar-refractivity contribution in [3.8, 4) is 5.75 Å². The number of thiophene rings is 1. The van der Waals surface area contributed by atoms with Gasteiger partial charge in [0.15, 0.2) is 0 Å². The average Bonchev–Trinajstić information content (AvgIpc) is 3.30. The van der Waals surface area contributed by atoms with Crippen molar-refractivity contribution in [2.45, 2.75) is 0 Å². The Morgan fingerprint density at radius 3 is 2.46 bits per heavy atom. The highest BCUT2D eigenvalue weighted by Crippen LogP contribution is 2.36. The quantitative estimate of drug-likeness (QED) is 0.556. The molecule has 7 heteroatoms. The molecule has 1 aliphatic heterocycles. The minimum atomic E-state index is -0.390. The molecular formula is C21H15BrN2O3S. The van der Waals surface area contributed by atoms with Crippen LogP contribution in [0.1, 0.15) is 4.88 Å². The van der Waals surface area contributed by atoms with Crippen molar-refractivity contribution in [2.24, 2.45) is 0 Å². The van der Waals surface area contributed by atoms with Gasteiger partial charge < -0.3 is 10.1 Å². The van der Waals surface area contributed by atoms with Crippen LogP contribution in [0.4, 0.5) is 11.4 Å². The number of carbonyl (C=O) groups excluding carboxylic acids is 2. The van der Waals surface area contributed by atoms with Crippen LogP contribution in [0.25, 0.3) is 5.57 Å². The van der Waals surface area contributed by atoms with E-state index in [4.69, 9.17) is 4.74 Å². The fraction of sp³-hybridized carbons (Fsp3) is 0.0476. The van der Waals surface area contributed by atoms with Gasteiger partial charge in [0.2, 0.25) is 0 Å². The minimum absolute atomic E-state index is 0.253. The number of imide groups is 1. The molecule has 0 atom stereocenters. The molecule has 5 nitrogen and oxygen atoms in total. The van der Waals surface area contributed by atoms with Gasteiger partial charge in [-0.1, -0.05) is 28.1 Å². The first-order chi connectivity index (χ1) is 13.6. The number of amides is 2. The monoisotopic (exact) mass is 454 g/mol. The van der Waals surface area contributed by atoms with Crippen molar-refractivity contribution in [3.63, 3.8) is 0 Å². The number of hydrogen-bond acceptors (Lipinski definition) is 5. The highest BCUT2D eigenvalue weighted by atomic mass is 79.9. The zero-order valence-electron chi connectivity index (χ0n) is 14.8. The fourth-order valence-corrected chi connectivity index (χ4v) is 4.00. The number of hydrogen-bond donors (Lipinski definition) is 1. The molecule has 0 aliphatic carbocycles. The van der Waals surface area contributed by atoms with Gasteiger partial charge in [0, 0.05) is 21.1 Å². The predicted molar refractivity (Wildman–Crippen MR) is 114 cm³/mol. The second kappa shape index (κ2) is 7.61. The van der Waals surface area contributed by atoms with E-state index in [9.17, 15) is 9.59 Å². The number of nitrogens with zero attached hydrogens (tertiary/aromatic N) is 1. The maximum absolute atomic E-state index is 13.2. The summed E-state index contributed by atoms with van der Waals surface area (Å²) in [6.07, 6.45) is 0. The number of benzene rings is 2. The molecule has 140 valence electrons. The van der Waals surface area contributed by atoms with Crippen molar-refractivity contribution in [2.75, 3.05) is 17.3 Å². The average molecular weight is 455 g/mol. The third kappa shape index (κ3) is 3.34. The van der Waals surface area contributed by atoms with E-state index in [1.54, 1.807) is 37.4 Å². The van der Waals surface area contributed by atoms with Gasteiger partial charge in [-0.3, -0.25) is 9.59 Å². The maximum Gasteiger partial charge on any atom is 0.282 e. The van der Waals surface area contributed by atoms with Crippen molar-refractivity contribution < 1.29 is 14.3 Å². The molecule has 1 aromatic heterocycles. The summed E-state index contributed by atoms with van der Waals surface area (Å²) in [6.45, 7) is 0. The SMILES string of the molecule is COc1cccc(NC2=C(c3cccs3)C(=O)N(c3ccc(Br)cc3)C2=O)c1. The molecule has 0 spiro atoms. The van der Waals surface area contributed by atoms with Crippen LogP contribution in [0.3, 0.4) is 0 Å². The van der Waals surface area contributed by atoms with Crippen LogP contribution in [-0.2, 0) is 9.59 Å². The van der Waals surface area contributed by atoms with E-state index >= 15 is 0 Å². The van der Waals surface area contributed by atoms with Crippen LogP contribution in [-0.4, -0.2) is 18.9 Å². The zero-order chi connectivity index (χ0) is 19.7. The highest BCUT2D eigenvalue weighted by Gasteiger charge is 2.40. The second-order valence-electron chi connectivity index (χ2n) is 6.01. The first kappa shape index (κ1) is 18.5. The Morgan fingerprint density at radius 1 is 1.00 bits per heavy atom. The van der Waals surface area contributed by atoms with E-state index in [0.717, 1.165) is 9.35 Å². The molecule has 28 heavy (non-hydrogen) atoms. The highest BCUT2D eigenvalue weighted by molar-refractivity contribution is 9.10. The summed E-state index contributed by atoms with van der Waals surface area (Å²) < 4.78 is 6.12. The minimum Gasteiger partial charge on any atom is -0.497 e. The third-order valence-electron chi connectivity index (χ3n) is 4.28. The van der Waals surface area contributed by atoms with Crippen molar-refractivity contribution in [1.29, 1.82) is 0 Å². The Kier molecular flexibility index (Phi) is 5.02. The molecule has 0 radical (unpaired) electrons. The summed E-state index contributed by atoms with van der Waals surface area (Å²) in [4.78, 5) is 28.4. The molecular weight excluding hydrogens is 440 g/mol. The first-order valence-corrected chi connectivity index (χ1v) is 10.1. The van der Waals surface area contributed by atoms with E-state index in [-0.39, 0.29) is 11.6 Å². The lowest BCUT2D eigenvalue weighted by Gasteiger charge is -2.15. The summed E-state index contributed by atoms with van der Waals surface area (Å²) in [5, 5.41) is 5.01. The number of ether oxygens (including phenoxy) is 1. The fourth-order valence-electron chi connectivity index (χ4n) is 2.96. The Balaban J connectivity index is 1.78. The largest absolute Gasteiger partial charge is 0.497 e. The lowest BCUT2D eigenvalue weighted by atomic mass is 10.2. The molecule has 3 aromatic rings.